The molecule has 0 aromatic heterocycles. The number of ether oxygens (including phenoxy) is 1. The van der Waals surface area contributed by atoms with Crippen LogP contribution in [0, 0.1) is 23.7 Å². The van der Waals surface area contributed by atoms with Crippen LogP contribution < -0.4 is 10.1 Å². The summed E-state index contributed by atoms with van der Waals surface area (Å²) in [6.07, 6.45) is 3.91. The zero-order chi connectivity index (χ0) is 17.3. The number of rotatable bonds is 5. The van der Waals surface area contributed by atoms with Crippen molar-refractivity contribution in [2.24, 2.45) is 23.7 Å². The summed E-state index contributed by atoms with van der Waals surface area (Å²) in [5.41, 5.74) is 0. The highest BCUT2D eigenvalue weighted by molar-refractivity contribution is 6.68. The number of nitrogens with one attached hydrogen (secondary N) is 1. The summed E-state index contributed by atoms with van der Waals surface area (Å²) in [5, 5.41) is 2.78. The van der Waals surface area contributed by atoms with E-state index in [2.05, 4.69) is 5.32 Å². The lowest BCUT2D eigenvalue weighted by Gasteiger charge is -2.31. The van der Waals surface area contributed by atoms with Gasteiger partial charge in [0.05, 0.1) is 0 Å². The van der Waals surface area contributed by atoms with E-state index in [-0.39, 0.29) is 11.8 Å². The molecule has 132 valence electrons. The van der Waals surface area contributed by atoms with Crippen LogP contribution in [0.25, 0.3) is 0 Å². The molecule has 2 aliphatic rings. The Kier molecular flexibility index (Phi) is 5.53. The number of hydrogen-bond donors (Lipinski definition) is 1. The fourth-order valence-corrected chi connectivity index (χ4v) is 4.47. The highest BCUT2D eigenvalue weighted by Gasteiger charge is 2.45. The van der Waals surface area contributed by atoms with Gasteiger partial charge in [0.25, 0.3) is 0 Å². The average Bonchev–Trinajstić information content (AvgIpc) is 3.16. The number of halogens is 3. The van der Waals surface area contributed by atoms with Gasteiger partial charge in [0.2, 0.25) is 15.9 Å². The van der Waals surface area contributed by atoms with E-state index in [0.29, 0.717) is 17.6 Å². The smallest absolute Gasteiger partial charge is 0.246 e. The molecule has 0 saturated heterocycles. The van der Waals surface area contributed by atoms with E-state index in [4.69, 9.17) is 39.5 Å². The highest BCUT2D eigenvalue weighted by Crippen LogP contribution is 2.51. The minimum atomic E-state index is -1.75. The maximum Gasteiger partial charge on any atom is 0.246 e. The van der Waals surface area contributed by atoms with Gasteiger partial charge in [-0.25, -0.2) is 0 Å². The van der Waals surface area contributed by atoms with Crippen LogP contribution in [0.4, 0.5) is 0 Å². The predicted molar refractivity (Wildman–Crippen MR) is 97.4 cm³/mol. The van der Waals surface area contributed by atoms with E-state index < -0.39 is 10.0 Å². The molecular formula is C18H22Cl3NO2. The lowest BCUT2D eigenvalue weighted by molar-refractivity contribution is -0.129. The first kappa shape index (κ1) is 18.2. The first-order valence-electron chi connectivity index (χ1n) is 8.43. The number of hydrogen-bond acceptors (Lipinski definition) is 2. The topological polar surface area (TPSA) is 38.3 Å². The van der Waals surface area contributed by atoms with Gasteiger partial charge in [0.1, 0.15) is 5.75 Å². The van der Waals surface area contributed by atoms with Crippen LogP contribution in [0.5, 0.6) is 5.75 Å². The van der Waals surface area contributed by atoms with E-state index in [9.17, 15) is 4.79 Å². The number of alkyl halides is 3. The Morgan fingerprint density at radius 3 is 2.46 bits per heavy atom. The quantitative estimate of drug-likeness (QED) is 0.570. The molecule has 0 unspecified atom stereocenters. The lowest BCUT2D eigenvalue weighted by Crippen LogP contribution is -2.50. The molecular weight excluding hydrogens is 369 g/mol. The second kappa shape index (κ2) is 7.31. The van der Waals surface area contributed by atoms with Crippen molar-refractivity contribution < 1.29 is 9.53 Å². The third kappa shape index (κ3) is 4.12. The highest BCUT2D eigenvalue weighted by atomic mass is 35.6. The van der Waals surface area contributed by atoms with Crippen LogP contribution in [0.2, 0.25) is 0 Å². The van der Waals surface area contributed by atoms with Crippen molar-refractivity contribution in [3.05, 3.63) is 30.3 Å². The monoisotopic (exact) mass is 389 g/mol. The van der Waals surface area contributed by atoms with Gasteiger partial charge in [-0.3, -0.25) is 4.79 Å². The predicted octanol–water partition coefficient (Wildman–Crippen LogP) is 4.95. The van der Waals surface area contributed by atoms with Gasteiger partial charge in [-0.15, -0.1) is 0 Å². The van der Waals surface area contributed by atoms with E-state index in [0.717, 1.165) is 12.3 Å². The Labute approximate surface area is 158 Å². The molecule has 0 radical (unpaired) electrons. The fourth-order valence-electron chi connectivity index (χ4n) is 4.17. The molecule has 1 aromatic carbocycles. The van der Waals surface area contributed by atoms with Gasteiger partial charge in [-0.2, -0.15) is 0 Å². The fraction of sp³-hybridized carbons (Fsp3) is 0.611. The summed E-state index contributed by atoms with van der Waals surface area (Å²) in [5.74, 6) is 2.21. The Hall–Kier alpha value is -0.640. The minimum absolute atomic E-state index is 0.102. The third-order valence-electron chi connectivity index (χ3n) is 5.42. The largest absolute Gasteiger partial charge is 0.466 e. The van der Waals surface area contributed by atoms with Gasteiger partial charge in [0.15, 0.2) is 0 Å². The van der Waals surface area contributed by atoms with Crippen molar-refractivity contribution in [2.75, 3.05) is 0 Å². The van der Waals surface area contributed by atoms with Crippen molar-refractivity contribution >= 4 is 40.7 Å². The van der Waals surface area contributed by atoms with Crippen molar-refractivity contribution in [3.8, 4) is 5.75 Å². The number of fused-ring (bicyclic) bond motifs is 2. The standard InChI is InChI=1S/C18H22Cl3NO2/c1-11(15-10-12-7-8-13(15)9-12)16(23)22-17(18(19,20)21)24-14-5-3-2-4-6-14/h2-6,11-13,15,17H,7-10H2,1H3,(H,22,23)/t11-,12-,13-,15+,17-/m0/s1. The molecule has 6 heteroatoms. The van der Waals surface area contributed by atoms with Crippen molar-refractivity contribution in [3.63, 3.8) is 0 Å². The normalized spacial score (nSPS) is 28.4. The maximum atomic E-state index is 12.7. The molecule has 1 N–H and O–H groups in total. The molecule has 2 saturated carbocycles. The summed E-state index contributed by atoms with van der Waals surface area (Å²) >= 11 is 18.0. The zero-order valence-corrected chi connectivity index (χ0v) is 15.8. The SMILES string of the molecule is C[C@H](C(=O)N[C@@H](Oc1ccccc1)C(Cl)(Cl)Cl)[C@H]1C[C@H]2CC[C@H]1C2. The van der Waals surface area contributed by atoms with Crippen LogP contribution in [-0.2, 0) is 4.79 Å². The molecule has 0 aliphatic heterocycles. The van der Waals surface area contributed by atoms with E-state index >= 15 is 0 Å². The Bertz CT molecular complexity index is 575. The third-order valence-corrected chi connectivity index (χ3v) is 6.01. The lowest BCUT2D eigenvalue weighted by atomic mass is 9.80. The molecule has 3 rings (SSSR count). The number of carbonyl (C=O) groups excluding carboxylic acids is 1. The Balaban J connectivity index is 1.64. The number of benzene rings is 1. The molecule has 2 fully saturated rings. The summed E-state index contributed by atoms with van der Waals surface area (Å²) in [7, 11) is 0. The van der Waals surface area contributed by atoms with Gasteiger partial charge in [-0.05, 0) is 49.1 Å². The Morgan fingerprint density at radius 2 is 1.92 bits per heavy atom. The van der Waals surface area contributed by atoms with Crippen molar-refractivity contribution in [1.29, 1.82) is 0 Å². The molecule has 2 bridgehead atoms. The summed E-state index contributed by atoms with van der Waals surface area (Å²) in [4.78, 5) is 12.7. The zero-order valence-electron chi connectivity index (χ0n) is 13.6. The van der Waals surface area contributed by atoms with Gasteiger partial charge in [-0.1, -0.05) is 66.3 Å². The summed E-state index contributed by atoms with van der Waals surface area (Å²) in [6, 6.07) is 9.03. The minimum Gasteiger partial charge on any atom is -0.466 e. The number of amides is 1. The molecule has 3 nitrogen and oxygen atoms in total. The van der Waals surface area contributed by atoms with Gasteiger partial charge >= 0.3 is 0 Å². The van der Waals surface area contributed by atoms with Crippen LogP contribution in [0.15, 0.2) is 30.3 Å². The Morgan fingerprint density at radius 1 is 1.21 bits per heavy atom. The number of carbonyl (C=O) groups is 1. The molecule has 0 heterocycles. The summed E-state index contributed by atoms with van der Waals surface area (Å²) in [6.45, 7) is 1.97. The molecule has 2 aliphatic carbocycles. The average molecular weight is 391 g/mol. The molecule has 1 amide bonds. The van der Waals surface area contributed by atoms with Crippen molar-refractivity contribution in [1.82, 2.24) is 5.32 Å². The molecule has 1 aromatic rings. The van der Waals surface area contributed by atoms with E-state index in [1.807, 2.05) is 25.1 Å². The van der Waals surface area contributed by atoms with Crippen LogP contribution in [0.1, 0.15) is 32.6 Å². The van der Waals surface area contributed by atoms with Crippen molar-refractivity contribution in [2.45, 2.75) is 42.6 Å². The molecule has 24 heavy (non-hydrogen) atoms. The second-order valence-electron chi connectivity index (χ2n) is 6.99. The van der Waals surface area contributed by atoms with Crippen LogP contribution >= 0.6 is 34.8 Å². The van der Waals surface area contributed by atoms with Gasteiger partial charge < -0.3 is 10.1 Å². The molecule has 5 atom stereocenters. The summed E-state index contributed by atoms with van der Waals surface area (Å²) < 4.78 is 3.95. The van der Waals surface area contributed by atoms with E-state index in [1.165, 1.54) is 19.3 Å². The second-order valence-corrected chi connectivity index (χ2v) is 9.36. The van der Waals surface area contributed by atoms with Crippen LogP contribution in [0.3, 0.4) is 0 Å². The van der Waals surface area contributed by atoms with Gasteiger partial charge in [0, 0.05) is 5.92 Å². The van der Waals surface area contributed by atoms with Crippen LogP contribution in [-0.4, -0.2) is 15.9 Å². The first-order valence-corrected chi connectivity index (χ1v) is 9.57. The maximum absolute atomic E-state index is 12.7. The number of para-hydroxylation sites is 1. The first-order chi connectivity index (χ1) is 11.3. The van der Waals surface area contributed by atoms with E-state index in [1.54, 1.807) is 12.1 Å². The molecule has 0 spiro atoms.